The van der Waals surface area contributed by atoms with Crippen LogP contribution < -0.4 is 19.7 Å². The third-order valence-corrected chi connectivity index (χ3v) is 8.04. The van der Waals surface area contributed by atoms with Crippen molar-refractivity contribution in [1.29, 1.82) is 0 Å². The van der Waals surface area contributed by atoms with Crippen LogP contribution >= 0.6 is 11.3 Å². The molecule has 5 aromatic rings. The smallest absolute Gasteiger partial charge is 0.179 e. The fourth-order valence-electron chi connectivity index (χ4n) is 5.30. The highest BCUT2D eigenvalue weighted by Gasteiger charge is 2.42. The number of rotatable bonds is 5. The van der Waals surface area contributed by atoms with Crippen LogP contribution in [-0.4, -0.2) is 35.7 Å². The molecule has 1 atom stereocenters. The van der Waals surface area contributed by atoms with Gasteiger partial charge in [0, 0.05) is 16.5 Å². The second-order valence-corrected chi connectivity index (χ2v) is 10.4. The largest absolute Gasteiger partial charge is 0.497 e. The van der Waals surface area contributed by atoms with Crippen molar-refractivity contribution in [1.82, 2.24) is 9.78 Å². The number of anilines is 2. The van der Waals surface area contributed by atoms with Gasteiger partial charge in [-0.3, -0.25) is 0 Å². The van der Waals surface area contributed by atoms with Crippen LogP contribution in [0.2, 0.25) is 0 Å². The van der Waals surface area contributed by atoms with Gasteiger partial charge in [0.15, 0.2) is 17.5 Å². The Morgan fingerprint density at radius 3 is 2.48 bits per heavy atom. The van der Waals surface area contributed by atoms with Gasteiger partial charge in [-0.05, 0) is 54.8 Å². The summed E-state index contributed by atoms with van der Waals surface area (Å²) in [6, 6.07) is 28.0. The third kappa shape index (κ3) is 3.85. The normalized spacial score (nSPS) is 15.4. The van der Waals surface area contributed by atoms with Gasteiger partial charge in [-0.15, -0.1) is 11.3 Å². The van der Waals surface area contributed by atoms with E-state index in [1.807, 2.05) is 71.4 Å². The Hall–Kier alpha value is -4.89. The van der Waals surface area contributed by atoms with E-state index in [1.165, 1.54) is 4.88 Å². The summed E-state index contributed by atoms with van der Waals surface area (Å²) in [6.45, 7) is 2.06. The van der Waals surface area contributed by atoms with Crippen molar-refractivity contribution >= 4 is 45.9 Å². The van der Waals surface area contributed by atoms with E-state index in [1.54, 1.807) is 25.6 Å². The van der Waals surface area contributed by atoms with Gasteiger partial charge in [-0.25, -0.2) is 14.7 Å². The predicted molar refractivity (Wildman–Crippen MR) is 161 cm³/mol. The lowest BCUT2D eigenvalue weighted by Gasteiger charge is -2.40. The molecule has 9 heteroatoms. The number of nitrogens with one attached hydrogen (secondary N) is 1. The zero-order valence-electron chi connectivity index (χ0n) is 22.2. The third-order valence-electron chi connectivity index (χ3n) is 7.11. The van der Waals surface area contributed by atoms with E-state index >= 15 is 0 Å². The highest BCUT2D eigenvalue weighted by atomic mass is 32.1. The summed E-state index contributed by atoms with van der Waals surface area (Å²) < 4.78 is 13.1. The molecule has 40 heavy (non-hydrogen) atoms. The topological polar surface area (TPSA) is 76.3 Å². The van der Waals surface area contributed by atoms with E-state index in [9.17, 15) is 0 Å². The zero-order chi connectivity index (χ0) is 27.2. The van der Waals surface area contributed by atoms with Crippen LogP contribution in [0.3, 0.4) is 0 Å². The number of aromatic nitrogens is 2. The second kappa shape index (κ2) is 9.69. The van der Waals surface area contributed by atoms with Gasteiger partial charge < -0.3 is 19.7 Å². The molecule has 0 spiro atoms. The summed E-state index contributed by atoms with van der Waals surface area (Å²) >= 11 is 1.72. The van der Waals surface area contributed by atoms with E-state index in [2.05, 4.69) is 40.7 Å². The molecule has 2 aliphatic heterocycles. The number of methoxy groups -OCH3 is 2. The van der Waals surface area contributed by atoms with Gasteiger partial charge in [-0.1, -0.05) is 36.4 Å². The average Bonchev–Trinajstić information content (AvgIpc) is 3.65. The quantitative estimate of drug-likeness (QED) is 0.256. The number of amidine groups is 2. The molecule has 8 nitrogen and oxygen atoms in total. The Morgan fingerprint density at radius 2 is 1.70 bits per heavy atom. The van der Waals surface area contributed by atoms with E-state index in [0.29, 0.717) is 23.2 Å². The Balaban J connectivity index is 1.48. The lowest BCUT2D eigenvalue weighted by Crippen LogP contribution is -2.46. The molecular weight excluding hydrogens is 520 g/mol. The standard InChI is InChI=1S/C31H26N6O2S/c1-19-27-28(26-14-9-17-40-26)36-24-13-8-7-12-22(24)32-29(33-23-18-21(38-2)15-16-25(23)39-3)31(36)34-30(27)37(35-19)20-10-5-4-6-11-20/h4-18,28H,1-3H3,(H,32,33)/t28-/m1/s1. The van der Waals surface area contributed by atoms with E-state index in [0.717, 1.165) is 39.8 Å². The SMILES string of the molecule is COc1ccc(OC)c(NC2=Nc3ccccc3N3C2=Nc2c(c(C)nn2-c2ccccc2)[C@H]3c2cccs2)c1. The number of aliphatic imine (C=N–C) groups is 2. The number of hydrogen-bond acceptors (Lipinski definition) is 8. The summed E-state index contributed by atoms with van der Waals surface area (Å²) in [5.74, 6) is 3.48. The molecule has 0 amide bonds. The molecule has 7 rings (SSSR count). The maximum atomic E-state index is 5.67. The van der Waals surface area contributed by atoms with E-state index < -0.39 is 0 Å². The first kappa shape index (κ1) is 24.2. The van der Waals surface area contributed by atoms with Crippen LogP contribution in [0, 0.1) is 6.92 Å². The monoisotopic (exact) mass is 546 g/mol. The second-order valence-electron chi connectivity index (χ2n) is 9.43. The maximum absolute atomic E-state index is 5.67. The van der Waals surface area contributed by atoms with Crippen molar-refractivity contribution in [3.05, 3.63) is 106 Å². The molecule has 0 unspecified atom stereocenters. The minimum Gasteiger partial charge on any atom is -0.497 e. The Morgan fingerprint density at radius 1 is 0.875 bits per heavy atom. The molecule has 0 bridgehead atoms. The predicted octanol–water partition coefficient (Wildman–Crippen LogP) is 7.05. The summed E-state index contributed by atoms with van der Waals surface area (Å²) in [7, 11) is 3.29. The molecule has 0 saturated carbocycles. The van der Waals surface area contributed by atoms with Crippen LogP contribution in [-0.2, 0) is 0 Å². The molecule has 0 aliphatic carbocycles. The van der Waals surface area contributed by atoms with E-state index in [-0.39, 0.29) is 6.04 Å². The van der Waals surface area contributed by atoms with Crippen LogP contribution in [0.5, 0.6) is 11.5 Å². The number of aryl methyl sites for hydroxylation is 1. The molecule has 0 fully saturated rings. The summed E-state index contributed by atoms with van der Waals surface area (Å²) in [5.41, 5.74) is 5.53. The Bertz CT molecular complexity index is 1780. The van der Waals surface area contributed by atoms with Crippen molar-refractivity contribution in [3.63, 3.8) is 0 Å². The number of nitrogens with zero attached hydrogens (tertiary/aromatic N) is 5. The first-order valence-corrected chi connectivity index (χ1v) is 13.8. The first-order chi connectivity index (χ1) is 19.7. The zero-order valence-corrected chi connectivity index (χ0v) is 23.0. The summed E-state index contributed by atoms with van der Waals surface area (Å²) in [4.78, 5) is 13.8. The van der Waals surface area contributed by atoms with Crippen molar-refractivity contribution in [2.24, 2.45) is 9.98 Å². The molecular formula is C31H26N6O2S. The fraction of sp³-hybridized carbons (Fsp3) is 0.129. The number of hydrogen-bond donors (Lipinski definition) is 1. The number of benzene rings is 3. The maximum Gasteiger partial charge on any atom is 0.179 e. The lowest BCUT2D eigenvalue weighted by molar-refractivity contribution is 0.405. The molecule has 198 valence electrons. The van der Waals surface area contributed by atoms with E-state index in [4.69, 9.17) is 24.6 Å². The highest BCUT2D eigenvalue weighted by molar-refractivity contribution is 7.10. The molecule has 0 radical (unpaired) electrons. The number of para-hydroxylation sites is 3. The number of thiophene rings is 1. The minimum atomic E-state index is -0.138. The first-order valence-electron chi connectivity index (χ1n) is 12.9. The van der Waals surface area contributed by atoms with Crippen molar-refractivity contribution in [2.75, 3.05) is 24.4 Å². The molecule has 3 aromatic carbocycles. The van der Waals surface area contributed by atoms with Crippen molar-refractivity contribution in [2.45, 2.75) is 13.0 Å². The minimum absolute atomic E-state index is 0.138. The molecule has 2 aliphatic rings. The van der Waals surface area contributed by atoms with Gasteiger partial charge in [0.05, 0.1) is 42.7 Å². The molecule has 0 saturated heterocycles. The van der Waals surface area contributed by atoms with Crippen LogP contribution in [0.4, 0.5) is 22.9 Å². The Kier molecular flexibility index (Phi) is 5.86. The van der Waals surface area contributed by atoms with Crippen molar-refractivity contribution < 1.29 is 9.47 Å². The van der Waals surface area contributed by atoms with Crippen molar-refractivity contribution in [3.8, 4) is 17.2 Å². The molecule has 1 N–H and O–H groups in total. The van der Waals surface area contributed by atoms with Gasteiger partial charge in [-0.2, -0.15) is 5.10 Å². The van der Waals surface area contributed by atoms with Crippen LogP contribution in [0.25, 0.3) is 5.69 Å². The van der Waals surface area contributed by atoms with Gasteiger partial charge in [0.25, 0.3) is 0 Å². The fourth-order valence-corrected chi connectivity index (χ4v) is 6.13. The molecule has 4 heterocycles. The average molecular weight is 547 g/mol. The van der Waals surface area contributed by atoms with Crippen LogP contribution in [0.15, 0.2) is 100 Å². The number of fused-ring (bicyclic) bond motifs is 4. The molecule has 2 aromatic heterocycles. The lowest BCUT2D eigenvalue weighted by atomic mass is 9.98. The number of ether oxygens (including phenoxy) is 2. The van der Waals surface area contributed by atoms with Gasteiger partial charge >= 0.3 is 0 Å². The van der Waals surface area contributed by atoms with Gasteiger partial charge in [0.1, 0.15) is 17.5 Å². The van der Waals surface area contributed by atoms with Gasteiger partial charge in [0.2, 0.25) is 0 Å². The summed E-state index contributed by atoms with van der Waals surface area (Å²) in [6.07, 6.45) is 0. The highest BCUT2D eigenvalue weighted by Crippen LogP contribution is 2.49. The van der Waals surface area contributed by atoms with Crippen LogP contribution in [0.1, 0.15) is 22.2 Å². The summed E-state index contributed by atoms with van der Waals surface area (Å²) in [5, 5.41) is 10.6. The Labute approximate surface area is 235 Å².